The van der Waals surface area contributed by atoms with Gasteiger partial charge < -0.3 is 56.8 Å². The Morgan fingerprint density at radius 1 is 0.429 bits per heavy atom. The summed E-state index contributed by atoms with van der Waals surface area (Å²) >= 11 is 0. The van der Waals surface area contributed by atoms with Crippen molar-refractivity contribution in [1.82, 2.24) is 51.1 Å². The average molecular weight is 700 g/mol. The van der Waals surface area contributed by atoms with Gasteiger partial charge in [-0.3, -0.25) is 47.9 Å². The van der Waals surface area contributed by atoms with Crippen LogP contribution in [0.1, 0.15) is 13.8 Å². The van der Waals surface area contributed by atoms with E-state index >= 15 is 0 Å². The lowest BCUT2D eigenvalue weighted by Gasteiger charge is -2.20. The fraction of sp³-hybridized carbons (Fsp3) is 0.643. The number of nitrogens with zero attached hydrogens (tertiary/aromatic N) is 5. The molecule has 0 radical (unpaired) electrons. The Balaban J connectivity index is 4.42. The number of nitrogens with one attached hydrogen (secondary N) is 5. The molecule has 0 rings (SSSR count). The van der Waals surface area contributed by atoms with Gasteiger partial charge in [-0.15, -0.1) is 0 Å². The minimum absolute atomic E-state index is 0.0561. The van der Waals surface area contributed by atoms with E-state index in [1.165, 1.54) is 40.1 Å². The van der Waals surface area contributed by atoms with Crippen molar-refractivity contribution in [3.63, 3.8) is 0 Å². The molecule has 0 aliphatic rings. The normalized spacial score (nSPS) is 10.3. The quantitative estimate of drug-likeness (QED) is 0.0655. The molecule has 0 fully saturated rings. The van der Waals surface area contributed by atoms with Gasteiger partial charge in [0.2, 0.25) is 59.1 Å². The number of amides is 10. The smallest absolute Gasteiger partial charge is 0.242 e. The molecule has 276 valence electrons. The van der Waals surface area contributed by atoms with Crippen LogP contribution in [-0.4, -0.2) is 190 Å². The Labute approximate surface area is 284 Å². The Kier molecular flexibility index (Phi) is 19.8. The van der Waals surface area contributed by atoms with Crippen molar-refractivity contribution in [3.05, 3.63) is 0 Å². The van der Waals surface area contributed by atoms with Gasteiger partial charge in [-0.25, -0.2) is 0 Å². The van der Waals surface area contributed by atoms with Crippen LogP contribution < -0.4 is 32.3 Å². The molecule has 49 heavy (non-hydrogen) atoms. The third-order valence-electron chi connectivity index (χ3n) is 6.45. The monoisotopic (exact) mass is 699 g/mol. The van der Waals surface area contributed by atoms with Gasteiger partial charge >= 0.3 is 0 Å². The Morgan fingerprint density at radius 2 is 0.653 bits per heavy atom. The number of carbonyl (C=O) groups is 10. The van der Waals surface area contributed by atoms with Gasteiger partial charge in [-0.1, -0.05) is 13.8 Å². The zero-order valence-corrected chi connectivity index (χ0v) is 29.0. The highest BCUT2D eigenvalue weighted by Crippen LogP contribution is 1.91. The molecule has 0 saturated heterocycles. The van der Waals surface area contributed by atoms with Crippen LogP contribution in [-0.2, 0) is 47.9 Å². The second-order valence-corrected chi connectivity index (χ2v) is 11.4. The highest BCUT2D eigenvalue weighted by atomic mass is 16.2. The van der Waals surface area contributed by atoms with Crippen molar-refractivity contribution >= 4 is 59.1 Å². The van der Waals surface area contributed by atoms with E-state index in [0.717, 1.165) is 19.6 Å². The molecule has 21 nitrogen and oxygen atoms in total. The van der Waals surface area contributed by atoms with Gasteiger partial charge in [0.1, 0.15) is 0 Å². The summed E-state index contributed by atoms with van der Waals surface area (Å²) in [7, 11) is 6.69. The van der Waals surface area contributed by atoms with Gasteiger partial charge in [0.25, 0.3) is 0 Å². The van der Waals surface area contributed by atoms with Crippen molar-refractivity contribution in [1.29, 1.82) is 0 Å². The van der Waals surface area contributed by atoms with E-state index in [4.69, 9.17) is 5.73 Å². The van der Waals surface area contributed by atoms with Gasteiger partial charge in [0, 0.05) is 41.3 Å². The fourth-order valence-corrected chi connectivity index (χ4v) is 3.42. The molecule has 7 N–H and O–H groups in total. The number of hydrogen-bond donors (Lipinski definition) is 6. The molecule has 0 saturated carbocycles. The van der Waals surface area contributed by atoms with E-state index in [-0.39, 0.29) is 31.6 Å². The highest BCUT2D eigenvalue weighted by molar-refractivity contribution is 5.93. The standard InChI is InChI=1S/C28H49N11O10/c1-18(2)30-8-24(45)36(4)14-20(41)32-10-26(47)38(6)16-22(43)34-12-28(49)39(7)17-23(44)33-11-27(48)37(5)15-21(42)31-9-25(46)35(3)13-19(29)40/h18,30H,8-17H2,1-7H3,(H2,29,40)(H,31,42)(H,32,41)(H,33,44)(H,34,43). The predicted molar refractivity (Wildman–Crippen MR) is 173 cm³/mol. The molecule has 0 bridgehead atoms. The topological polar surface area (TPSA) is 273 Å². The summed E-state index contributed by atoms with van der Waals surface area (Å²) < 4.78 is 0. The lowest BCUT2D eigenvalue weighted by atomic mass is 10.3. The molecule has 0 heterocycles. The molecule has 0 aliphatic heterocycles. The van der Waals surface area contributed by atoms with E-state index < -0.39 is 99.0 Å². The first-order chi connectivity index (χ1) is 22.7. The summed E-state index contributed by atoms with van der Waals surface area (Å²) in [5.41, 5.74) is 5.01. The third-order valence-corrected chi connectivity index (χ3v) is 6.45. The van der Waals surface area contributed by atoms with Gasteiger partial charge in [-0.2, -0.15) is 0 Å². The lowest BCUT2D eigenvalue weighted by molar-refractivity contribution is -0.138. The molecule has 0 aromatic rings. The number of carbonyl (C=O) groups excluding carboxylic acids is 10. The molecule has 0 aliphatic carbocycles. The van der Waals surface area contributed by atoms with E-state index in [0.29, 0.717) is 0 Å². The Bertz CT molecular complexity index is 1240. The van der Waals surface area contributed by atoms with E-state index in [2.05, 4.69) is 26.6 Å². The van der Waals surface area contributed by atoms with Crippen LogP contribution in [0.2, 0.25) is 0 Å². The van der Waals surface area contributed by atoms with E-state index in [1.807, 2.05) is 13.8 Å². The first kappa shape index (κ1) is 43.7. The van der Waals surface area contributed by atoms with Crippen LogP contribution in [0.25, 0.3) is 0 Å². The maximum atomic E-state index is 12.4. The van der Waals surface area contributed by atoms with E-state index in [1.54, 1.807) is 0 Å². The maximum Gasteiger partial charge on any atom is 0.242 e. The fourth-order valence-electron chi connectivity index (χ4n) is 3.42. The summed E-state index contributed by atoms with van der Waals surface area (Å²) in [6, 6.07) is 0.0913. The average Bonchev–Trinajstić information content (AvgIpc) is 3.01. The number of primary amides is 1. The number of hydrogen-bond acceptors (Lipinski definition) is 11. The first-order valence-electron chi connectivity index (χ1n) is 15.0. The predicted octanol–water partition coefficient (Wildman–Crippen LogP) is -6.77. The number of likely N-dealkylation sites (N-methyl/N-ethyl adjacent to an activating group) is 5. The zero-order valence-electron chi connectivity index (χ0n) is 29.0. The molecule has 0 aromatic carbocycles. The van der Waals surface area contributed by atoms with Crippen molar-refractivity contribution < 1.29 is 47.9 Å². The van der Waals surface area contributed by atoms with Crippen LogP contribution in [0.5, 0.6) is 0 Å². The zero-order chi connectivity index (χ0) is 37.8. The van der Waals surface area contributed by atoms with Crippen LogP contribution in [0.4, 0.5) is 0 Å². The van der Waals surface area contributed by atoms with Crippen molar-refractivity contribution in [2.45, 2.75) is 19.9 Å². The largest absolute Gasteiger partial charge is 0.368 e. The molecule has 0 atom stereocenters. The van der Waals surface area contributed by atoms with Crippen LogP contribution in [0.3, 0.4) is 0 Å². The first-order valence-corrected chi connectivity index (χ1v) is 15.0. The van der Waals surface area contributed by atoms with Gasteiger partial charge in [0.15, 0.2) is 0 Å². The number of nitrogens with two attached hydrogens (primary N) is 1. The molecule has 21 heteroatoms. The van der Waals surface area contributed by atoms with Crippen molar-refractivity contribution in [2.75, 3.05) is 101 Å². The second-order valence-electron chi connectivity index (χ2n) is 11.4. The van der Waals surface area contributed by atoms with Crippen LogP contribution in [0.15, 0.2) is 0 Å². The van der Waals surface area contributed by atoms with Crippen LogP contribution in [0, 0.1) is 0 Å². The maximum absolute atomic E-state index is 12.4. The molecular formula is C28H49N11O10. The van der Waals surface area contributed by atoms with Gasteiger partial charge in [-0.05, 0) is 0 Å². The summed E-state index contributed by atoms with van der Waals surface area (Å²) in [5.74, 6) is -6.11. The minimum atomic E-state index is -0.724. The lowest BCUT2D eigenvalue weighted by Crippen LogP contribution is -2.48. The summed E-state index contributed by atoms with van der Waals surface area (Å²) in [4.78, 5) is 125. The Morgan fingerprint density at radius 3 is 0.878 bits per heavy atom. The molecular weight excluding hydrogens is 650 g/mol. The SMILES string of the molecule is CC(C)NCC(=O)N(C)CC(=O)NCC(=O)N(C)CC(=O)NCC(=O)N(C)CC(=O)NCC(=O)N(C)CC(=O)NCC(=O)N(C)CC(N)=O. The van der Waals surface area contributed by atoms with Crippen LogP contribution >= 0.6 is 0 Å². The third kappa shape index (κ3) is 19.8. The second kappa shape index (κ2) is 22.3. The number of rotatable bonds is 21. The van der Waals surface area contributed by atoms with Gasteiger partial charge in [0.05, 0.1) is 65.4 Å². The molecule has 0 spiro atoms. The molecule has 10 amide bonds. The summed E-state index contributed by atoms with van der Waals surface area (Å²) in [6.07, 6.45) is 0. The minimum Gasteiger partial charge on any atom is -0.368 e. The Hall–Kier alpha value is -5.34. The highest BCUT2D eigenvalue weighted by Gasteiger charge is 2.20. The summed E-state index contributed by atoms with van der Waals surface area (Å²) in [6.45, 7) is 0.0705. The van der Waals surface area contributed by atoms with Crippen molar-refractivity contribution in [3.8, 4) is 0 Å². The van der Waals surface area contributed by atoms with Crippen molar-refractivity contribution in [2.24, 2.45) is 5.73 Å². The van der Waals surface area contributed by atoms with E-state index in [9.17, 15) is 47.9 Å². The molecule has 0 aromatic heterocycles. The summed E-state index contributed by atoms with van der Waals surface area (Å²) in [5, 5.41) is 12.3. The molecule has 0 unspecified atom stereocenters.